The minimum atomic E-state index is 0.104. The summed E-state index contributed by atoms with van der Waals surface area (Å²) in [6.45, 7) is 4.22. The summed E-state index contributed by atoms with van der Waals surface area (Å²) in [5, 5.41) is 5.16. The second-order valence-electron chi connectivity index (χ2n) is 8.47. The van der Waals surface area contributed by atoms with E-state index in [1.54, 1.807) is 0 Å². The van der Waals surface area contributed by atoms with E-state index in [1.165, 1.54) is 48.6 Å². The molecule has 162 valence electrons. The fourth-order valence-electron chi connectivity index (χ4n) is 4.22. The molecule has 1 N–H and O–H groups in total. The van der Waals surface area contributed by atoms with Crippen molar-refractivity contribution in [2.24, 2.45) is 0 Å². The van der Waals surface area contributed by atoms with Gasteiger partial charge < -0.3 is 5.32 Å². The van der Waals surface area contributed by atoms with Crippen LogP contribution >= 0.6 is 11.8 Å². The van der Waals surface area contributed by atoms with Crippen molar-refractivity contribution in [3.05, 3.63) is 53.6 Å². The number of rotatable bonds is 6. The summed E-state index contributed by atoms with van der Waals surface area (Å²) >= 11 is 1.52. The third-order valence-electron chi connectivity index (χ3n) is 5.97. The van der Waals surface area contributed by atoms with Crippen LogP contribution < -0.4 is 5.32 Å². The number of carbonyl (C=O) groups excluding carboxylic acids is 1. The maximum Gasteiger partial charge on any atom is 0.230 e. The fourth-order valence-corrected chi connectivity index (χ4v) is 5.04. The van der Waals surface area contributed by atoms with Gasteiger partial charge in [0.25, 0.3) is 0 Å². The molecule has 3 aromatic rings. The van der Waals surface area contributed by atoms with Crippen LogP contribution in [0.4, 0.5) is 0 Å². The average molecular weight is 434 g/mol. The van der Waals surface area contributed by atoms with Crippen molar-refractivity contribution in [2.75, 3.05) is 5.75 Å². The lowest BCUT2D eigenvalue weighted by Crippen LogP contribution is -2.35. The third kappa shape index (κ3) is 5.65. The molecule has 1 aliphatic rings. The molecular weight excluding hydrogens is 402 g/mol. The number of aryl methyl sites for hydroxylation is 2. The molecule has 1 fully saturated rings. The third-order valence-corrected chi connectivity index (χ3v) is 6.96. The molecule has 0 unspecified atom stereocenters. The summed E-state index contributed by atoms with van der Waals surface area (Å²) in [5.41, 5.74) is 4.37. The number of carbonyl (C=O) groups is 1. The van der Waals surface area contributed by atoms with Gasteiger partial charge in [-0.15, -0.1) is 0 Å². The number of hydrogen-bond donors (Lipinski definition) is 1. The normalized spacial score (nSPS) is 15.0. The van der Waals surface area contributed by atoms with Gasteiger partial charge in [0.15, 0.2) is 5.82 Å². The number of aromatic nitrogens is 2. The van der Waals surface area contributed by atoms with Crippen LogP contribution in [0.15, 0.2) is 47.5 Å². The molecular formula is C26H31N3OS. The summed E-state index contributed by atoms with van der Waals surface area (Å²) in [6, 6.07) is 15.0. The topological polar surface area (TPSA) is 54.9 Å². The van der Waals surface area contributed by atoms with E-state index >= 15 is 0 Å². The first-order valence-corrected chi connectivity index (χ1v) is 12.4. The van der Waals surface area contributed by atoms with E-state index < -0.39 is 0 Å². The number of amides is 1. The van der Waals surface area contributed by atoms with Crippen LogP contribution in [0.25, 0.3) is 22.3 Å². The van der Waals surface area contributed by atoms with Gasteiger partial charge in [-0.1, -0.05) is 74.2 Å². The molecule has 1 saturated carbocycles. The molecule has 0 bridgehead atoms. The molecule has 5 heteroatoms. The Morgan fingerprint density at radius 2 is 1.87 bits per heavy atom. The summed E-state index contributed by atoms with van der Waals surface area (Å²) in [4.78, 5) is 22.4. The van der Waals surface area contributed by atoms with Crippen LogP contribution in [0.3, 0.4) is 0 Å². The van der Waals surface area contributed by atoms with Crippen LogP contribution in [0.2, 0.25) is 0 Å². The van der Waals surface area contributed by atoms with E-state index in [9.17, 15) is 4.79 Å². The van der Waals surface area contributed by atoms with E-state index in [1.807, 2.05) is 12.1 Å². The highest BCUT2D eigenvalue weighted by atomic mass is 32.2. The summed E-state index contributed by atoms with van der Waals surface area (Å²) in [7, 11) is 0. The van der Waals surface area contributed by atoms with Crippen molar-refractivity contribution in [1.82, 2.24) is 15.3 Å². The van der Waals surface area contributed by atoms with E-state index in [2.05, 4.69) is 49.5 Å². The Bertz CT molecular complexity index is 1060. The summed E-state index contributed by atoms with van der Waals surface area (Å²) in [5.74, 6) is 1.20. The number of thioether (sulfide) groups is 1. The maximum atomic E-state index is 12.7. The molecule has 1 amide bonds. The Balaban J connectivity index is 1.58. The predicted octanol–water partition coefficient (Wildman–Crippen LogP) is 6.10. The molecule has 0 radical (unpaired) electrons. The van der Waals surface area contributed by atoms with Crippen molar-refractivity contribution in [3.8, 4) is 11.4 Å². The van der Waals surface area contributed by atoms with Gasteiger partial charge in [-0.05, 0) is 49.9 Å². The molecule has 1 aromatic heterocycles. The van der Waals surface area contributed by atoms with E-state index in [-0.39, 0.29) is 5.91 Å². The molecule has 0 atom stereocenters. The Labute approximate surface area is 189 Å². The van der Waals surface area contributed by atoms with Gasteiger partial charge in [-0.25, -0.2) is 9.97 Å². The van der Waals surface area contributed by atoms with Crippen LogP contribution in [-0.2, 0) is 11.2 Å². The van der Waals surface area contributed by atoms with Crippen molar-refractivity contribution in [3.63, 3.8) is 0 Å². The zero-order chi connectivity index (χ0) is 21.6. The van der Waals surface area contributed by atoms with Gasteiger partial charge in [0.2, 0.25) is 5.91 Å². The minimum absolute atomic E-state index is 0.104. The molecule has 2 aromatic carbocycles. The lowest BCUT2D eigenvalue weighted by atomic mass is 10.1. The fraction of sp³-hybridized carbons (Fsp3) is 0.423. The highest BCUT2D eigenvalue weighted by Gasteiger charge is 2.16. The predicted molar refractivity (Wildman–Crippen MR) is 129 cm³/mol. The van der Waals surface area contributed by atoms with Crippen molar-refractivity contribution >= 4 is 28.6 Å². The van der Waals surface area contributed by atoms with Gasteiger partial charge in [-0.3, -0.25) is 4.79 Å². The Morgan fingerprint density at radius 1 is 1.06 bits per heavy atom. The van der Waals surface area contributed by atoms with Crippen molar-refractivity contribution in [2.45, 2.75) is 69.9 Å². The van der Waals surface area contributed by atoms with Gasteiger partial charge >= 0.3 is 0 Å². The van der Waals surface area contributed by atoms with Crippen LogP contribution in [-0.4, -0.2) is 27.7 Å². The summed E-state index contributed by atoms with van der Waals surface area (Å²) in [6.07, 6.45) is 8.17. The lowest BCUT2D eigenvalue weighted by Gasteiger charge is -2.16. The maximum absolute atomic E-state index is 12.7. The minimum Gasteiger partial charge on any atom is -0.353 e. The molecule has 1 aliphatic carbocycles. The highest BCUT2D eigenvalue weighted by molar-refractivity contribution is 8.00. The number of nitrogens with one attached hydrogen (secondary N) is 1. The van der Waals surface area contributed by atoms with E-state index in [0.717, 1.165) is 40.8 Å². The van der Waals surface area contributed by atoms with Crippen molar-refractivity contribution in [1.29, 1.82) is 0 Å². The van der Waals surface area contributed by atoms with Crippen molar-refractivity contribution < 1.29 is 4.79 Å². The Morgan fingerprint density at radius 3 is 2.61 bits per heavy atom. The second kappa shape index (κ2) is 10.3. The molecule has 0 aliphatic heterocycles. The number of benzene rings is 2. The Kier molecular flexibility index (Phi) is 7.23. The standard InChI is InChI=1S/C26H31N3OS/c1-3-19-13-14-23-22(16-19)26(29-25(28-23)20-10-8-9-18(2)15-20)31-17-24(30)27-21-11-6-4-5-7-12-21/h8-10,13-16,21H,3-7,11-12,17H2,1-2H3,(H,27,30). The van der Waals surface area contributed by atoms with Gasteiger partial charge in [0.05, 0.1) is 11.3 Å². The van der Waals surface area contributed by atoms with Gasteiger partial charge in [0, 0.05) is 17.0 Å². The zero-order valence-electron chi connectivity index (χ0n) is 18.5. The number of hydrogen-bond acceptors (Lipinski definition) is 4. The lowest BCUT2D eigenvalue weighted by molar-refractivity contribution is -0.119. The molecule has 4 rings (SSSR count). The first-order chi connectivity index (χ1) is 15.1. The first kappa shape index (κ1) is 21.8. The smallest absolute Gasteiger partial charge is 0.230 e. The van der Waals surface area contributed by atoms with Gasteiger partial charge in [-0.2, -0.15) is 0 Å². The molecule has 0 saturated heterocycles. The van der Waals surface area contributed by atoms with E-state index in [4.69, 9.17) is 9.97 Å². The van der Waals surface area contributed by atoms with E-state index in [0.29, 0.717) is 17.6 Å². The SMILES string of the molecule is CCc1ccc2nc(-c3cccc(C)c3)nc(SCC(=O)NC3CCCCCC3)c2c1. The van der Waals surface area contributed by atoms with Crippen LogP contribution in [0.1, 0.15) is 56.6 Å². The Hall–Kier alpha value is -2.40. The number of nitrogens with zero attached hydrogens (tertiary/aromatic N) is 2. The van der Waals surface area contributed by atoms with Crippen LogP contribution in [0.5, 0.6) is 0 Å². The largest absolute Gasteiger partial charge is 0.353 e. The number of fused-ring (bicyclic) bond motifs is 1. The molecule has 1 heterocycles. The molecule has 0 spiro atoms. The van der Waals surface area contributed by atoms with Gasteiger partial charge in [0.1, 0.15) is 5.03 Å². The molecule has 31 heavy (non-hydrogen) atoms. The monoisotopic (exact) mass is 433 g/mol. The zero-order valence-corrected chi connectivity index (χ0v) is 19.3. The first-order valence-electron chi connectivity index (χ1n) is 11.4. The summed E-state index contributed by atoms with van der Waals surface area (Å²) < 4.78 is 0. The second-order valence-corrected chi connectivity index (χ2v) is 9.44. The quantitative estimate of drug-likeness (QED) is 0.290. The average Bonchev–Trinajstić information content (AvgIpc) is 3.05. The molecule has 4 nitrogen and oxygen atoms in total. The highest BCUT2D eigenvalue weighted by Crippen LogP contribution is 2.30. The van der Waals surface area contributed by atoms with Crippen LogP contribution in [0, 0.1) is 6.92 Å².